The zero-order valence-electron chi connectivity index (χ0n) is 15.1. The maximum absolute atomic E-state index is 11.8. The average molecular weight is 448 g/mol. The molecule has 0 aliphatic carbocycles. The molecular weight excluding hydrogens is 419 g/mol. The summed E-state index contributed by atoms with van der Waals surface area (Å²) in [6, 6.07) is 9.65. The number of rotatable bonds is 6. The highest BCUT2D eigenvalue weighted by Crippen LogP contribution is 2.10. The lowest BCUT2D eigenvalue weighted by atomic mass is 10.1. The highest BCUT2D eigenvalue weighted by atomic mass is 127. The number of carbonyl (C=O) groups is 1. The van der Waals surface area contributed by atoms with Gasteiger partial charge in [0.05, 0.1) is 13.1 Å². The van der Waals surface area contributed by atoms with Crippen LogP contribution in [0.1, 0.15) is 27.7 Å². The Bertz CT molecular complexity index is 515. The van der Waals surface area contributed by atoms with Gasteiger partial charge in [-0.3, -0.25) is 9.79 Å². The van der Waals surface area contributed by atoms with Crippen LogP contribution in [0.4, 0.5) is 0 Å². The standard InChI is InChI=1S/C17H28N4O2.HI/c1-13(23-14-9-7-6-8-10-14)11-19-16(18-5)20-12-15(22)21-17(2,3)4;/h6-10,13H,11-12H2,1-5H3,(H,21,22)(H2,18,19,20);1H. The van der Waals surface area contributed by atoms with Crippen LogP contribution in [0.2, 0.25) is 0 Å². The first-order valence-corrected chi connectivity index (χ1v) is 7.77. The van der Waals surface area contributed by atoms with E-state index < -0.39 is 0 Å². The van der Waals surface area contributed by atoms with Gasteiger partial charge < -0.3 is 20.7 Å². The van der Waals surface area contributed by atoms with Gasteiger partial charge in [-0.15, -0.1) is 24.0 Å². The molecule has 1 aromatic carbocycles. The summed E-state index contributed by atoms with van der Waals surface area (Å²) in [6.07, 6.45) is -0.0284. The number of hydrogen-bond acceptors (Lipinski definition) is 3. The van der Waals surface area contributed by atoms with Gasteiger partial charge in [0.25, 0.3) is 0 Å². The topological polar surface area (TPSA) is 74.8 Å². The lowest BCUT2D eigenvalue weighted by Crippen LogP contribution is -2.49. The van der Waals surface area contributed by atoms with Gasteiger partial charge in [-0.1, -0.05) is 18.2 Å². The SMILES string of the molecule is CN=C(NCC(=O)NC(C)(C)C)NCC(C)Oc1ccccc1.I. The van der Waals surface area contributed by atoms with Gasteiger partial charge in [-0.2, -0.15) is 0 Å². The van der Waals surface area contributed by atoms with Crippen LogP contribution in [0.15, 0.2) is 35.3 Å². The van der Waals surface area contributed by atoms with Crippen molar-refractivity contribution in [3.05, 3.63) is 30.3 Å². The quantitative estimate of drug-likeness (QED) is 0.354. The summed E-state index contributed by atoms with van der Waals surface area (Å²) >= 11 is 0. The summed E-state index contributed by atoms with van der Waals surface area (Å²) < 4.78 is 5.78. The van der Waals surface area contributed by atoms with Crippen molar-refractivity contribution >= 4 is 35.8 Å². The molecule has 0 fully saturated rings. The molecule has 1 unspecified atom stereocenters. The van der Waals surface area contributed by atoms with Gasteiger partial charge in [-0.25, -0.2) is 0 Å². The Labute approximate surface area is 161 Å². The Morgan fingerprint density at radius 1 is 1.21 bits per heavy atom. The molecule has 1 amide bonds. The Balaban J connectivity index is 0.00000529. The number of amides is 1. The van der Waals surface area contributed by atoms with Crippen LogP contribution < -0.4 is 20.7 Å². The monoisotopic (exact) mass is 448 g/mol. The smallest absolute Gasteiger partial charge is 0.239 e. The van der Waals surface area contributed by atoms with E-state index in [2.05, 4.69) is 20.9 Å². The van der Waals surface area contributed by atoms with Crippen molar-refractivity contribution in [3.63, 3.8) is 0 Å². The predicted octanol–water partition coefficient (Wildman–Crippen LogP) is 2.15. The number of ether oxygens (including phenoxy) is 1. The first-order chi connectivity index (χ1) is 10.8. The number of carbonyl (C=O) groups excluding carboxylic acids is 1. The summed E-state index contributed by atoms with van der Waals surface area (Å²) in [4.78, 5) is 15.9. The van der Waals surface area contributed by atoms with Crippen LogP contribution in [0.3, 0.4) is 0 Å². The molecule has 1 rings (SSSR count). The molecule has 0 heterocycles. The molecule has 0 aliphatic heterocycles. The fourth-order valence-electron chi connectivity index (χ4n) is 1.86. The Kier molecular flexibility index (Phi) is 10.4. The average Bonchev–Trinajstić information content (AvgIpc) is 2.46. The van der Waals surface area contributed by atoms with E-state index in [0.29, 0.717) is 12.5 Å². The second kappa shape index (κ2) is 11.1. The van der Waals surface area contributed by atoms with E-state index in [1.165, 1.54) is 0 Å². The number of guanidine groups is 1. The van der Waals surface area contributed by atoms with E-state index in [1.54, 1.807) is 7.05 Å². The van der Waals surface area contributed by atoms with Crippen LogP contribution in [-0.4, -0.2) is 43.6 Å². The predicted molar refractivity (Wildman–Crippen MR) is 109 cm³/mol. The second-order valence-corrected chi connectivity index (χ2v) is 6.35. The molecule has 1 aromatic rings. The molecule has 0 aromatic heterocycles. The summed E-state index contributed by atoms with van der Waals surface area (Å²) in [5, 5.41) is 9.01. The molecule has 136 valence electrons. The molecule has 6 nitrogen and oxygen atoms in total. The summed E-state index contributed by atoms with van der Waals surface area (Å²) in [5.74, 6) is 1.32. The van der Waals surface area contributed by atoms with Crippen LogP contribution in [-0.2, 0) is 4.79 Å². The third kappa shape index (κ3) is 10.3. The highest BCUT2D eigenvalue weighted by Gasteiger charge is 2.14. The van der Waals surface area contributed by atoms with Crippen molar-refractivity contribution < 1.29 is 9.53 Å². The summed E-state index contributed by atoms with van der Waals surface area (Å²) in [6.45, 7) is 8.56. The molecule has 0 bridgehead atoms. The number of nitrogens with one attached hydrogen (secondary N) is 3. The molecule has 0 saturated carbocycles. The maximum Gasteiger partial charge on any atom is 0.239 e. The van der Waals surface area contributed by atoms with Crippen LogP contribution >= 0.6 is 24.0 Å². The Morgan fingerprint density at radius 2 is 1.83 bits per heavy atom. The third-order valence-corrected chi connectivity index (χ3v) is 2.79. The van der Waals surface area contributed by atoms with Crippen molar-refractivity contribution in [2.24, 2.45) is 4.99 Å². The first-order valence-electron chi connectivity index (χ1n) is 7.77. The van der Waals surface area contributed by atoms with Gasteiger partial charge in [0.15, 0.2) is 5.96 Å². The van der Waals surface area contributed by atoms with Crippen molar-refractivity contribution in [2.45, 2.75) is 39.3 Å². The maximum atomic E-state index is 11.8. The molecule has 3 N–H and O–H groups in total. The first kappa shape index (κ1) is 22.5. The minimum absolute atomic E-state index is 0. The summed E-state index contributed by atoms with van der Waals surface area (Å²) in [5.41, 5.74) is -0.242. The van der Waals surface area contributed by atoms with E-state index in [-0.39, 0.29) is 48.1 Å². The highest BCUT2D eigenvalue weighted by molar-refractivity contribution is 14.0. The minimum atomic E-state index is -0.242. The van der Waals surface area contributed by atoms with Gasteiger partial charge in [0.1, 0.15) is 11.9 Å². The second-order valence-electron chi connectivity index (χ2n) is 6.35. The van der Waals surface area contributed by atoms with Gasteiger partial charge in [-0.05, 0) is 39.8 Å². The minimum Gasteiger partial charge on any atom is -0.489 e. The number of halogens is 1. The largest absolute Gasteiger partial charge is 0.489 e. The van der Waals surface area contributed by atoms with E-state index in [9.17, 15) is 4.79 Å². The van der Waals surface area contributed by atoms with E-state index in [1.807, 2.05) is 58.0 Å². The van der Waals surface area contributed by atoms with Crippen molar-refractivity contribution in [1.29, 1.82) is 0 Å². The molecule has 24 heavy (non-hydrogen) atoms. The zero-order chi connectivity index (χ0) is 17.3. The fraction of sp³-hybridized carbons (Fsp3) is 0.529. The molecule has 0 radical (unpaired) electrons. The van der Waals surface area contributed by atoms with Crippen molar-refractivity contribution in [1.82, 2.24) is 16.0 Å². The van der Waals surface area contributed by atoms with Gasteiger partial charge in [0.2, 0.25) is 5.91 Å². The normalized spacial score (nSPS) is 12.6. The van der Waals surface area contributed by atoms with Crippen molar-refractivity contribution in [2.75, 3.05) is 20.1 Å². The van der Waals surface area contributed by atoms with E-state index in [0.717, 1.165) is 5.75 Å². The van der Waals surface area contributed by atoms with Crippen LogP contribution in [0, 0.1) is 0 Å². The Hall–Kier alpha value is -1.51. The molecule has 0 aliphatic rings. The number of benzene rings is 1. The van der Waals surface area contributed by atoms with Gasteiger partial charge in [0, 0.05) is 12.6 Å². The Morgan fingerprint density at radius 3 is 2.38 bits per heavy atom. The third-order valence-electron chi connectivity index (χ3n) is 2.79. The van der Waals surface area contributed by atoms with Crippen LogP contribution in [0.5, 0.6) is 5.75 Å². The zero-order valence-corrected chi connectivity index (χ0v) is 17.4. The summed E-state index contributed by atoms with van der Waals surface area (Å²) in [7, 11) is 1.67. The van der Waals surface area contributed by atoms with Gasteiger partial charge >= 0.3 is 0 Å². The number of hydrogen-bond donors (Lipinski definition) is 3. The number of para-hydroxylation sites is 1. The molecule has 7 heteroatoms. The van der Waals surface area contributed by atoms with E-state index in [4.69, 9.17) is 4.74 Å². The molecule has 1 atom stereocenters. The number of aliphatic imine (C=N–C) groups is 1. The lowest BCUT2D eigenvalue weighted by Gasteiger charge is -2.21. The molecule has 0 spiro atoms. The van der Waals surface area contributed by atoms with Crippen LogP contribution in [0.25, 0.3) is 0 Å². The number of nitrogens with zero attached hydrogens (tertiary/aromatic N) is 1. The lowest BCUT2D eigenvalue weighted by molar-refractivity contribution is -0.121. The van der Waals surface area contributed by atoms with Crippen molar-refractivity contribution in [3.8, 4) is 5.75 Å². The van der Waals surface area contributed by atoms with E-state index >= 15 is 0 Å². The fourth-order valence-corrected chi connectivity index (χ4v) is 1.86. The molecule has 0 saturated heterocycles. The molecular formula is C17H29IN4O2.